The number of nitrogens with two attached hydrogens (primary N) is 1. The molecule has 2 nitrogen and oxygen atoms in total. The van der Waals surface area contributed by atoms with E-state index in [1.54, 1.807) is 18.2 Å². The third-order valence-corrected chi connectivity index (χ3v) is 3.36. The van der Waals surface area contributed by atoms with Crippen molar-refractivity contribution in [3.05, 3.63) is 33.8 Å². The molecule has 4 heteroatoms. The number of hydrogen-bond donors (Lipinski definition) is 2. The summed E-state index contributed by atoms with van der Waals surface area (Å²) in [4.78, 5) is 0. The van der Waals surface area contributed by atoms with Gasteiger partial charge >= 0.3 is 0 Å². The molecule has 1 aromatic carbocycles. The molecule has 0 saturated heterocycles. The van der Waals surface area contributed by atoms with Gasteiger partial charge in [-0.1, -0.05) is 29.3 Å². The Bertz CT molecular complexity index is 366. The van der Waals surface area contributed by atoms with E-state index >= 15 is 0 Å². The largest absolute Gasteiger partial charge is 0.391 e. The maximum Gasteiger partial charge on any atom is 0.0761 e. The molecule has 2 rings (SSSR count). The highest BCUT2D eigenvalue weighted by Gasteiger charge is 2.34. The summed E-state index contributed by atoms with van der Waals surface area (Å²) < 4.78 is 0. The van der Waals surface area contributed by atoms with E-state index in [0.29, 0.717) is 16.0 Å². The molecule has 0 aliphatic heterocycles. The van der Waals surface area contributed by atoms with E-state index in [4.69, 9.17) is 28.9 Å². The predicted octanol–water partition coefficient (Wildman–Crippen LogP) is 2.76. The molecular weight excluding hydrogens is 233 g/mol. The molecular formula is C11H13Cl2NO. The van der Waals surface area contributed by atoms with Crippen LogP contribution in [0.1, 0.15) is 24.4 Å². The summed E-state index contributed by atoms with van der Waals surface area (Å²) in [6, 6.07) is 4.75. The van der Waals surface area contributed by atoms with Crippen molar-refractivity contribution in [2.45, 2.75) is 25.0 Å². The summed E-state index contributed by atoms with van der Waals surface area (Å²) in [5.41, 5.74) is 6.72. The molecule has 1 aromatic rings. The average molecular weight is 246 g/mol. The quantitative estimate of drug-likeness (QED) is 0.861. The monoisotopic (exact) mass is 245 g/mol. The summed E-state index contributed by atoms with van der Waals surface area (Å²) in [5.74, 6) is 0.340. The van der Waals surface area contributed by atoms with Crippen molar-refractivity contribution in [3.63, 3.8) is 0 Å². The summed E-state index contributed by atoms with van der Waals surface area (Å²) in [7, 11) is 0. The van der Waals surface area contributed by atoms with Gasteiger partial charge in [0.1, 0.15) is 0 Å². The second kappa shape index (κ2) is 4.30. The lowest BCUT2D eigenvalue weighted by atomic mass is 9.99. The minimum atomic E-state index is -0.497. The Morgan fingerprint density at radius 3 is 2.53 bits per heavy atom. The van der Waals surface area contributed by atoms with Crippen molar-refractivity contribution in [1.29, 1.82) is 0 Å². The normalized spacial score (nSPS) is 20.0. The van der Waals surface area contributed by atoms with Crippen molar-refractivity contribution in [2.75, 3.05) is 0 Å². The van der Waals surface area contributed by atoms with Crippen LogP contribution in [0.2, 0.25) is 10.0 Å². The van der Waals surface area contributed by atoms with Crippen LogP contribution in [0.4, 0.5) is 0 Å². The van der Waals surface area contributed by atoms with E-state index in [9.17, 15) is 5.11 Å². The number of aliphatic hydroxyl groups excluding tert-OH is 1. The molecule has 0 amide bonds. The molecule has 82 valence electrons. The molecule has 2 atom stereocenters. The molecule has 0 bridgehead atoms. The second-order valence-corrected chi connectivity index (χ2v) is 4.86. The SMILES string of the molecule is N[C@@H](c1ccc(Cl)cc1Cl)[C@H](O)C1CC1. The van der Waals surface area contributed by atoms with Gasteiger partial charge in [0.2, 0.25) is 0 Å². The third-order valence-electron chi connectivity index (χ3n) is 2.79. The van der Waals surface area contributed by atoms with Gasteiger partial charge in [-0.15, -0.1) is 0 Å². The van der Waals surface area contributed by atoms with Crippen molar-refractivity contribution in [1.82, 2.24) is 0 Å². The van der Waals surface area contributed by atoms with Gasteiger partial charge in [0.05, 0.1) is 12.1 Å². The van der Waals surface area contributed by atoms with Gasteiger partial charge in [-0.25, -0.2) is 0 Å². The maximum absolute atomic E-state index is 9.89. The minimum absolute atomic E-state index is 0.340. The van der Waals surface area contributed by atoms with E-state index in [-0.39, 0.29) is 0 Å². The Morgan fingerprint density at radius 2 is 2.00 bits per heavy atom. The standard InChI is InChI=1S/C11H13Cl2NO/c12-7-3-4-8(9(13)5-7)10(14)11(15)6-1-2-6/h3-6,10-11,15H,1-2,14H2/t10-,11+/m0/s1. The first kappa shape index (κ1) is 11.2. The Kier molecular flexibility index (Phi) is 3.21. The molecule has 1 saturated carbocycles. The van der Waals surface area contributed by atoms with Crippen LogP contribution < -0.4 is 5.73 Å². The van der Waals surface area contributed by atoms with E-state index in [1.807, 2.05) is 0 Å². The average Bonchev–Trinajstić information content (AvgIpc) is 2.99. The number of rotatable bonds is 3. The van der Waals surface area contributed by atoms with Crippen molar-refractivity contribution >= 4 is 23.2 Å². The number of halogens is 2. The zero-order chi connectivity index (χ0) is 11.0. The molecule has 0 radical (unpaired) electrons. The van der Waals surface area contributed by atoms with Crippen LogP contribution in [0.15, 0.2) is 18.2 Å². The lowest BCUT2D eigenvalue weighted by Gasteiger charge is -2.19. The lowest BCUT2D eigenvalue weighted by molar-refractivity contribution is 0.122. The maximum atomic E-state index is 9.89. The minimum Gasteiger partial charge on any atom is -0.391 e. The molecule has 0 unspecified atom stereocenters. The van der Waals surface area contributed by atoms with Crippen LogP contribution >= 0.6 is 23.2 Å². The molecule has 0 aromatic heterocycles. The van der Waals surface area contributed by atoms with E-state index in [1.165, 1.54) is 0 Å². The zero-order valence-corrected chi connectivity index (χ0v) is 9.67. The highest BCUT2D eigenvalue weighted by atomic mass is 35.5. The first-order valence-electron chi connectivity index (χ1n) is 4.98. The molecule has 0 heterocycles. The van der Waals surface area contributed by atoms with Gasteiger partial charge in [-0.05, 0) is 36.5 Å². The van der Waals surface area contributed by atoms with Crippen LogP contribution in [0.5, 0.6) is 0 Å². The van der Waals surface area contributed by atoms with Crippen molar-refractivity contribution < 1.29 is 5.11 Å². The van der Waals surface area contributed by atoms with Crippen LogP contribution in [-0.2, 0) is 0 Å². The Morgan fingerprint density at radius 1 is 1.33 bits per heavy atom. The number of aliphatic hydroxyl groups is 1. The van der Waals surface area contributed by atoms with Crippen molar-refractivity contribution in [3.8, 4) is 0 Å². The number of hydrogen-bond acceptors (Lipinski definition) is 2. The predicted molar refractivity (Wildman–Crippen MR) is 62.1 cm³/mol. The van der Waals surface area contributed by atoms with Crippen LogP contribution in [0, 0.1) is 5.92 Å². The van der Waals surface area contributed by atoms with Crippen LogP contribution in [-0.4, -0.2) is 11.2 Å². The summed E-state index contributed by atoms with van der Waals surface area (Å²) in [6.07, 6.45) is 1.61. The fourth-order valence-electron chi connectivity index (χ4n) is 1.69. The fourth-order valence-corrected chi connectivity index (χ4v) is 2.22. The van der Waals surface area contributed by atoms with Crippen LogP contribution in [0.25, 0.3) is 0 Å². The molecule has 15 heavy (non-hydrogen) atoms. The Labute approximate surface area is 99.0 Å². The second-order valence-electron chi connectivity index (χ2n) is 4.02. The van der Waals surface area contributed by atoms with Crippen molar-refractivity contribution in [2.24, 2.45) is 11.7 Å². The van der Waals surface area contributed by atoms with Gasteiger partial charge in [-0.2, -0.15) is 0 Å². The van der Waals surface area contributed by atoms with Gasteiger partial charge in [0, 0.05) is 10.0 Å². The van der Waals surface area contributed by atoms with Gasteiger partial charge in [0.15, 0.2) is 0 Å². The Balaban J connectivity index is 2.20. The molecule has 3 N–H and O–H groups in total. The molecule has 0 spiro atoms. The topological polar surface area (TPSA) is 46.2 Å². The van der Waals surface area contributed by atoms with Crippen LogP contribution in [0.3, 0.4) is 0 Å². The Hall–Kier alpha value is -0.280. The first-order chi connectivity index (χ1) is 7.09. The highest BCUT2D eigenvalue weighted by molar-refractivity contribution is 6.35. The smallest absolute Gasteiger partial charge is 0.0761 e. The summed E-state index contributed by atoms with van der Waals surface area (Å²) in [5, 5.41) is 11.0. The van der Waals surface area contributed by atoms with Gasteiger partial charge in [-0.3, -0.25) is 0 Å². The summed E-state index contributed by atoms with van der Waals surface area (Å²) in [6.45, 7) is 0. The zero-order valence-electron chi connectivity index (χ0n) is 8.16. The third kappa shape index (κ3) is 2.45. The van der Waals surface area contributed by atoms with E-state index in [2.05, 4.69) is 0 Å². The molecule has 1 aliphatic rings. The highest BCUT2D eigenvalue weighted by Crippen LogP contribution is 2.38. The first-order valence-corrected chi connectivity index (χ1v) is 5.74. The van der Waals surface area contributed by atoms with Gasteiger partial charge < -0.3 is 10.8 Å². The number of benzene rings is 1. The molecule has 1 fully saturated rings. The van der Waals surface area contributed by atoms with E-state index in [0.717, 1.165) is 18.4 Å². The lowest BCUT2D eigenvalue weighted by Crippen LogP contribution is -2.28. The van der Waals surface area contributed by atoms with E-state index < -0.39 is 12.1 Å². The summed E-state index contributed by atoms with van der Waals surface area (Å²) >= 11 is 11.8. The molecule has 1 aliphatic carbocycles. The fraction of sp³-hybridized carbons (Fsp3) is 0.455. The van der Waals surface area contributed by atoms with Gasteiger partial charge in [0.25, 0.3) is 0 Å².